The fourth-order valence-electron chi connectivity index (χ4n) is 3.26. The minimum absolute atomic E-state index is 0.0701. The number of hydrogen-bond donors (Lipinski definition) is 1. The van der Waals surface area contributed by atoms with Gasteiger partial charge >= 0.3 is 6.09 Å². The Bertz CT molecular complexity index is 716. The summed E-state index contributed by atoms with van der Waals surface area (Å²) in [4.78, 5) is 39.0. The Hall–Kier alpha value is -2.57. The molecule has 0 saturated carbocycles. The standard InChI is InChI=1S/C18H23N3O4/c1-4-16(22)19-9-14-10-20(18(24)25-14)13-5-6-15-12(7-13)8-17(23)21(15)11(2)3/h5-7,11,14H,4,8-10H2,1-3H3,(H,19,22). The minimum Gasteiger partial charge on any atom is -0.442 e. The number of hydrogen-bond acceptors (Lipinski definition) is 4. The van der Waals surface area contributed by atoms with Crippen LogP contribution in [0.3, 0.4) is 0 Å². The van der Waals surface area contributed by atoms with Gasteiger partial charge in [0.1, 0.15) is 6.10 Å². The third-order valence-electron chi connectivity index (χ3n) is 4.48. The molecule has 0 radical (unpaired) electrons. The topological polar surface area (TPSA) is 79.0 Å². The molecule has 7 heteroatoms. The normalized spacial score (nSPS) is 19.4. The molecule has 1 saturated heterocycles. The van der Waals surface area contributed by atoms with Crippen molar-refractivity contribution in [2.24, 2.45) is 0 Å². The lowest BCUT2D eigenvalue weighted by Crippen LogP contribution is -2.34. The van der Waals surface area contributed by atoms with Gasteiger partial charge in [0.05, 0.1) is 19.5 Å². The molecule has 1 N–H and O–H groups in total. The molecule has 0 aliphatic carbocycles. The van der Waals surface area contributed by atoms with Crippen LogP contribution in [0.15, 0.2) is 18.2 Å². The number of ether oxygens (including phenoxy) is 1. The summed E-state index contributed by atoms with van der Waals surface area (Å²) in [5.74, 6) is 0.00521. The van der Waals surface area contributed by atoms with Crippen LogP contribution in [0.1, 0.15) is 32.8 Å². The van der Waals surface area contributed by atoms with Crippen molar-refractivity contribution in [1.82, 2.24) is 5.32 Å². The highest BCUT2D eigenvalue weighted by Crippen LogP contribution is 2.34. The van der Waals surface area contributed by atoms with E-state index in [1.807, 2.05) is 32.0 Å². The van der Waals surface area contributed by atoms with E-state index in [2.05, 4.69) is 5.32 Å². The van der Waals surface area contributed by atoms with Crippen molar-refractivity contribution < 1.29 is 19.1 Å². The summed E-state index contributed by atoms with van der Waals surface area (Å²) in [6, 6.07) is 5.70. The highest BCUT2D eigenvalue weighted by Gasteiger charge is 2.34. The van der Waals surface area contributed by atoms with Gasteiger partial charge in [-0.05, 0) is 37.6 Å². The minimum atomic E-state index is -0.430. The molecule has 1 unspecified atom stereocenters. The molecule has 2 heterocycles. The zero-order valence-corrected chi connectivity index (χ0v) is 14.7. The molecular weight excluding hydrogens is 322 g/mol. The van der Waals surface area contributed by atoms with E-state index in [1.165, 1.54) is 0 Å². The summed E-state index contributed by atoms with van der Waals surface area (Å²) in [6.07, 6.45) is -0.0544. The molecule has 25 heavy (non-hydrogen) atoms. The van der Waals surface area contributed by atoms with Crippen molar-refractivity contribution in [1.29, 1.82) is 0 Å². The van der Waals surface area contributed by atoms with Crippen molar-refractivity contribution >= 4 is 29.3 Å². The van der Waals surface area contributed by atoms with Gasteiger partial charge in [-0.15, -0.1) is 0 Å². The number of fused-ring (bicyclic) bond motifs is 1. The average molecular weight is 345 g/mol. The quantitative estimate of drug-likeness (QED) is 0.883. The van der Waals surface area contributed by atoms with Crippen molar-refractivity contribution in [3.05, 3.63) is 23.8 Å². The van der Waals surface area contributed by atoms with E-state index in [0.717, 1.165) is 11.3 Å². The Kier molecular flexibility index (Phi) is 4.65. The lowest BCUT2D eigenvalue weighted by atomic mass is 10.1. The van der Waals surface area contributed by atoms with E-state index in [0.29, 0.717) is 31.6 Å². The molecule has 0 spiro atoms. The molecule has 1 aromatic carbocycles. The number of benzene rings is 1. The molecule has 1 aromatic rings. The van der Waals surface area contributed by atoms with Gasteiger partial charge in [-0.1, -0.05) is 6.92 Å². The Morgan fingerprint density at radius 2 is 2.12 bits per heavy atom. The molecule has 2 aliphatic rings. The van der Waals surface area contributed by atoms with Gasteiger partial charge in [-0.3, -0.25) is 14.5 Å². The van der Waals surface area contributed by atoms with E-state index < -0.39 is 6.09 Å². The first kappa shape index (κ1) is 17.3. The first-order chi connectivity index (χ1) is 11.9. The highest BCUT2D eigenvalue weighted by molar-refractivity contribution is 6.02. The van der Waals surface area contributed by atoms with Gasteiger partial charge in [0, 0.05) is 23.8 Å². The van der Waals surface area contributed by atoms with Gasteiger partial charge < -0.3 is 15.0 Å². The van der Waals surface area contributed by atoms with Crippen LogP contribution in [0.25, 0.3) is 0 Å². The maximum Gasteiger partial charge on any atom is 0.414 e. The molecule has 2 aliphatic heterocycles. The Labute approximate surface area is 146 Å². The molecule has 1 atom stereocenters. The number of nitrogens with one attached hydrogen (secondary N) is 1. The summed E-state index contributed by atoms with van der Waals surface area (Å²) >= 11 is 0. The number of cyclic esters (lactones) is 1. The third-order valence-corrected chi connectivity index (χ3v) is 4.48. The Morgan fingerprint density at radius 3 is 2.80 bits per heavy atom. The van der Waals surface area contributed by atoms with Crippen LogP contribution in [0.5, 0.6) is 0 Å². The molecule has 3 amide bonds. The summed E-state index contributed by atoms with van der Waals surface area (Å²) in [6.45, 7) is 6.42. The second-order valence-corrected chi connectivity index (χ2v) is 6.62. The van der Waals surface area contributed by atoms with Crippen LogP contribution in [-0.2, 0) is 20.7 Å². The fraction of sp³-hybridized carbons (Fsp3) is 0.500. The van der Waals surface area contributed by atoms with Crippen LogP contribution in [-0.4, -0.2) is 43.1 Å². The molecular formula is C18H23N3O4. The van der Waals surface area contributed by atoms with Crippen molar-refractivity contribution in [3.63, 3.8) is 0 Å². The largest absolute Gasteiger partial charge is 0.442 e. The number of carbonyl (C=O) groups is 3. The van der Waals surface area contributed by atoms with E-state index in [-0.39, 0.29) is 24.0 Å². The van der Waals surface area contributed by atoms with Crippen LogP contribution < -0.4 is 15.1 Å². The molecule has 134 valence electrons. The molecule has 7 nitrogen and oxygen atoms in total. The SMILES string of the molecule is CCC(=O)NCC1CN(c2ccc3c(c2)CC(=O)N3C(C)C)C(=O)O1. The lowest BCUT2D eigenvalue weighted by molar-refractivity contribution is -0.121. The van der Waals surface area contributed by atoms with Crippen LogP contribution in [0.2, 0.25) is 0 Å². The lowest BCUT2D eigenvalue weighted by Gasteiger charge is -2.22. The zero-order chi connectivity index (χ0) is 18.1. The fourth-order valence-corrected chi connectivity index (χ4v) is 3.26. The summed E-state index contributed by atoms with van der Waals surface area (Å²) < 4.78 is 5.32. The van der Waals surface area contributed by atoms with Gasteiger partial charge in [0.15, 0.2) is 0 Å². The monoisotopic (exact) mass is 345 g/mol. The highest BCUT2D eigenvalue weighted by atomic mass is 16.6. The van der Waals surface area contributed by atoms with Crippen molar-refractivity contribution in [3.8, 4) is 0 Å². The van der Waals surface area contributed by atoms with Crippen LogP contribution in [0.4, 0.5) is 16.2 Å². The number of rotatable bonds is 5. The first-order valence-corrected chi connectivity index (χ1v) is 8.60. The predicted molar refractivity (Wildman–Crippen MR) is 93.7 cm³/mol. The molecule has 0 bridgehead atoms. The maximum atomic E-state index is 12.2. The van der Waals surface area contributed by atoms with E-state index in [1.54, 1.807) is 16.7 Å². The Balaban J connectivity index is 1.73. The first-order valence-electron chi connectivity index (χ1n) is 8.60. The third kappa shape index (κ3) is 3.31. The summed E-state index contributed by atoms with van der Waals surface area (Å²) in [7, 11) is 0. The number of carbonyl (C=O) groups excluding carboxylic acids is 3. The molecule has 0 aromatic heterocycles. The predicted octanol–water partition coefficient (Wildman–Crippen LogP) is 1.84. The van der Waals surface area contributed by atoms with Gasteiger partial charge in [-0.2, -0.15) is 0 Å². The average Bonchev–Trinajstić information content (AvgIpc) is 3.10. The van der Waals surface area contributed by atoms with Crippen molar-refractivity contribution in [2.45, 2.75) is 45.8 Å². The molecule has 1 fully saturated rings. The van der Waals surface area contributed by atoms with E-state index in [4.69, 9.17) is 4.74 Å². The summed E-state index contributed by atoms with van der Waals surface area (Å²) in [5, 5.41) is 2.74. The number of nitrogens with zero attached hydrogens (tertiary/aromatic N) is 2. The smallest absolute Gasteiger partial charge is 0.414 e. The zero-order valence-electron chi connectivity index (χ0n) is 14.7. The van der Waals surface area contributed by atoms with Crippen LogP contribution >= 0.6 is 0 Å². The number of anilines is 2. The Morgan fingerprint density at radius 1 is 1.36 bits per heavy atom. The van der Waals surface area contributed by atoms with Crippen LogP contribution in [0, 0.1) is 0 Å². The van der Waals surface area contributed by atoms with Gasteiger partial charge in [-0.25, -0.2) is 4.79 Å². The van der Waals surface area contributed by atoms with Gasteiger partial charge in [0.25, 0.3) is 0 Å². The molecule has 3 rings (SSSR count). The van der Waals surface area contributed by atoms with E-state index in [9.17, 15) is 14.4 Å². The second-order valence-electron chi connectivity index (χ2n) is 6.62. The second kappa shape index (κ2) is 6.74. The maximum absolute atomic E-state index is 12.2. The van der Waals surface area contributed by atoms with Gasteiger partial charge in [0.2, 0.25) is 11.8 Å². The van der Waals surface area contributed by atoms with Crippen molar-refractivity contribution in [2.75, 3.05) is 22.9 Å². The number of amides is 3. The summed E-state index contributed by atoms with van der Waals surface area (Å²) in [5.41, 5.74) is 2.54. The van der Waals surface area contributed by atoms with E-state index >= 15 is 0 Å².